The number of nitrogens with zero attached hydrogens (tertiary/aromatic N) is 3. The number of nitrogens with one attached hydrogen (secondary N) is 1. The number of aromatic nitrogens is 4. The van der Waals surface area contributed by atoms with Crippen molar-refractivity contribution in [2.24, 2.45) is 5.73 Å². The molecule has 3 N–H and O–H groups in total. The standard InChI is InChI=1S/C9H13N5O/c1-9(2,3-10)14-5-13-6-7(14)11-4-12-8(6)15/h4-5H,3,10H2,1-2H3,(H,11,12,15). The van der Waals surface area contributed by atoms with Crippen LogP contribution in [0.2, 0.25) is 0 Å². The van der Waals surface area contributed by atoms with Crippen LogP contribution in [0.4, 0.5) is 0 Å². The summed E-state index contributed by atoms with van der Waals surface area (Å²) < 4.78 is 1.82. The van der Waals surface area contributed by atoms with E-state index < -0.39 is 0 Å². The molecule has 15 heavy (non-hydrogen) atoms. The maximum Gasteiger partial charge on any atom is 0.278 e. The number of H-pyrrole nitrogens is 1. The Morgan fingerprint density at radius 2 is 2.27 bits per heavy atom. The summed E-state index contributed by atoms with van der Waals surface area (Å²) in [5.41, 5.74) is 6.05. The van der Waals surface area contributed by atoms with Crippen molar-refractivity contribution in [3.63, 3.8) is 0 Å². The average molecular weight is 207 g/mol. The van der Waals surface area contributed by atoms with Gasteiger partial charge in [0.05, 0.1) is 18.2 Å². The molecule has 0 aliphatic rings. The van der Waals surface area contributed by atoms with Crippen LogP contribution in [0.15, 0.2) is 17.4 Å². The fourth-order valence-corrected chi connectivity index (χ4v) is 1.39. The predicted octanol–water partition coefficient (Wildman–Crippen LogP) is -0.187. The van der Waals surface area contributed by atoms with E-state index in [9.17, 15) is 4.79 Å². The van der Waals surface area contributed by atoms with Crippen LogP contribution in [0.5, 0.6) is 0 Å². The van der Waals surface area contributed by atoms with Crippen LogP contribution in [-0.4, -0.2) is 26.1 Å². The van der Waals surface area contributed by atoms with Crippen LogP contribution in [0.1, 0.15) is 13.8 Å². The minimum absolute atomic E-state index is 0.230. The number of aromatic amines is 1. The van der Waals surface area contributed by atoms with Crippen molar-refractivity contribution in [2.45, 2.75) is 19.4 Å². The first-order valence-corrected chi connectivity index (χ1v) is 4.67. The Kier molecular flexibility index (Phi) is 2.08. The zero-order valence-corrected chi connectivity index (χ0v) is 8.69. The quantitative estimate of drug-likeness (QED) is 0.714. The lowest BCUT2D eigenvalue weighted by atomic mass is 10.1. The number of hydrogen-bond donors (Lipinski definition) is 2. The van der Waals surface area contributed by atoms with Crippen LogP contribution in [0.25, 0.3) is 11.2 Å². The molecule has 2 aromatic rings. The first-order chi connectivity index (χ1) is 7.06. The van der Waals surface area contributed by atoms with E-state index in [-0.39, 0.29) is 11.1 Å². The van der Waals surface area contributed by atoms with Gasteiger partial charge in [-0.05, 0) is 13.8 Å². The third-order valence-electron chi connectivity index (χ3n) is 2.49. The molecular formula is C9H13N5O. The minimum atomic E-state index is -0.296. The molecule has 0 unspecified atom stereocenters. The van der Waals surface area contributed by atoms with E-state index in [1.165, 1.54) is 6.33 Å². The Morgan fingerprint density at radius 3 is 2.93 bits per heavy atom. The van der Waals surface area contributed by atoms with Crippen molar-refractivity contribution in [1.29, 1.82) is 0 Å². The van der Waals surface area contributed by atoms with Crippen LogP contribution < -0.4 is 11.3 Å². The zero-order valence-electron chi connectivity index (χ0n) is 8.69. The lowest BCUT2D eigenvalue weighted by Crippen LogP contribution is -2.34. The van der Waals surface area contributed by atoms with Gasteiger partial charge in [-0.1, -0.05) is 0 Å². The van der Waals surface area contributed by atoms with E-state index in [0.29, 0.717) is 17.7 Å². The Balaban J connectivity index is 2.75. The molecule has 0 amide bonds. The fourth-order valence-electron chi connectivity index (χ4n) is 1.39. The van der Waals surface area contributed by atoms with E-state index >= 15 is 0 Å². The maximum atomic E-state index is 11.4. The fraction of sp³-hybridized carbons (Fsp3) is 0.444. The van der Waals surface area contributed by atoms with E-state index in [4.69, 9.17) is 5.73 Å². The molecule has 0 fully saturated rings. The van der Waals surface area contributed by atoms with E-state index in [1.807, 2.05) is 18.4 Å². The van der Waals surface area contributed by atoms with Gasteiger partial charge in [-0.25, -0.2) is 9.97 Å². The van der Waals surface area contributed by atoms with Gasteiger partial charge in [-0.2, -0.15) is 0 Å². The Hall–Kier alpha value is -1.69. The van der Waals surface area contributed by atoms with Gasteiger partial charge >= 0.3 is 0 Å². The number of hydrogen-bond acceptors (Lipinski definition) is 4. The molecule has 2 heterocycles. The summed E-state index contributed by atoms with van der Waals surface area (Å²) >= 11 is 0. The van der Waals surface area contributed by atoms with Gasteiger partial charge in [-0.3, -0.25) is 4.79 Å². The second-order valence-corrected chi connectivity index (χ2v) is 4.04. The van der Waals surface area contributed by atoms with Gasteiger partial charge in [0, 0.05) is 6.54 Å². The molecule has 6 nitrogen and oxygen atoms in total. The molecule has 2 aromatic heterocycles. The second-order valence-electron chi connectivity index (χ2n) is 4.04. The molecule has 80 valence electrons. The van der Waals surface area contributed by atoms with Crippen LogP contribution in [0, 0.1) is 0 Å². The van der Waals surface area contributed by atoms with Gasteiger partial charge < -0.3 is 15.3 Å². The Labute approximate surface area is 86.2 Å². The van der Waals surface area contributed by atoms with Crippen molar-refractivity contribution in [2.75, 3.05) is 6.54 Å². The summed E-state index contributed by atoms with van der Waals surface area (Å²) in [5, 5.41) is 0. The Bertz CT molecular complexity index is 539. The van der Waals surface area contributed by atoms with Crippen molar-refractivity contribution in [1.82, 2.24) is 19.5 Å². The number of fused-ring (bicyclic) bond motifs is 1. The highest BCUT2D eigenvalue weighted by atomic mass is 16.1. The Morgan fingerprint density at radius 1 is 1.53 bits per heavy atom. The highest BCUT2D eigenvalue weighted by Gasteiger charge is 2.21. The average Bonchev–Trinajstić information content (AvgIpc) is 2.63. The van der Waals surface area contributed by atoms with Gasteiger partial charge in [0.25, 0.3) is 5.56 Å². The van der Waals surface area contributed by atoms with Crippen molar-refractivity contribution >= 4 is 11.2 Å². The molecule has 0 aliphatic carbocycles. The highest BCUT2D eigenvalue weighted by molar-refractivity contribution is 5.69. The molecule has 0 spiro atoms. The first-order valence-electron chi connectivity index (χ1n) is 4.67. The molecule has 6 heteroatoms. The van der Waals surface area contributed by atoms with E-state index in [2.05, 4.69) is 15.0 Å². The molecule has 0 aliphatic heterocycles. The lowest BCUT2D eigenvalue weighted by Gasteiger charge is -2.24. The monoisotopic (exact) mass is 207 g/mol. The SMILES string of the molecule is CC(C)(CN)n1cnc2c(=O)[nH]cnc21. The lowest BCUT2D eigenvalue weighted by molar-refractivity contribution is 0.375. The number of imidazole rings is 1. The van der Waals surface area contributed by atoms with Gasteiger partial charge in [0.2, 0.25) is 0 Å². The molecule has 0 saturated carbocycles. The summed E-state index contributed by atoms with van der Waals surface area (Å²) in [5.74, 6) is 0. The second kappa shape index (κ2) is 3.16. The third-order valence-corrected chi connectivity index (χ3v) is 2.49. The molecule has 0 radical (unpaired) electrons. The highest BCUT2D eigenvalue weighted by Crippen LogP contribution is 2.17. The van der Waals surface area contributed by atoms with E-state index in [1.54, 1.807) is 6.33 Å². The van der Waals surface area contributed by atoms with Crippen molar-refractivity contribution in [3.8, 4) is 0 Å². The van der Waals surface area contributed by atoms with Crippen LogP contribution in [-0.2, 0) is 5.54 Å². The molecule has 0 bridgehead atoms. The predicted molar refractivity (Wildman–Crippen MR) is 56.5 cm³/mol. The third kappa shape index (κ3) is 1.42. The summed E-state index contributed by atoms with van der Waals surface area (Å²) in [6.07, 6.45) is 2.97. The van der Waals surface area contributed by atoms with E-state index in [0.717, 1.165) is 0 Å². The van der Waals surface area contributed by atoms with Gasteiger partial charge in [0.1, 0.15) is 0 Å². The van der Waals surface area contributed by atoms with Crippen LogP contribution in [0.3, 0.4) is 0 Å². The summed E-state index contributed by atoms with van der Waals surface area (Å²) in [6.45, 7) is 4.39. The number of nitrogens with two attached hydrogens (primary N) is 1. The summed E-state index contributed by atoms with van der Waals surface area (Å²) in [6, 6.07) is 0. The van der Waals surface area contributed by atoms with Crippen molar-refractivity contribution in [3.05, 3.63) is 23.0 Å². The smallest absolute Gasteiger partial charge is 0.278 e. The summed E-state index contributed by atoms with van der Waals surface area (Å²) in [7, 11) is 0. The normalized spacial score (nSPS) is 12.2. The van der Waals surface area contributed by atoms with Crippen LogP contribution >= 0.6 is 0 Å². The molecule has 0 aromatic carbocycles. The zero-order chi connectivity index (χ0) is 11.1. The summed E-state index contributed by atoms with van der Waals surface area (Å²) in [4.78, 5) is 22.0. The molecule has 2 rings (SSSR count). The molecule has 0 saturated heterocycles. The topological polar surface area (TPSA) is 89.6 Å². The molecule has 0 atom stereocenters. The molecular weight excluding hydrogens is 194 g/mol. The maximum absolute atomic E-state index is 11.4. The van der Waals surface area contributed by atoms with Gasteiger partial charge in [-0.15, -0.1) is 0 Å². The minimum Gasteiger partial charge on any atom is -0.328 e. The van der Waals surface area contributed by atoms with Crippen molar-refractivity contribution < 1.29 is 0 Å². The first kappa shape index (κ1) is 9.85. The largest absolute Gasteiger partial charge is 0.328 e. The van der Waals surface area contributed by atoms with Gasteiger partial charge in [0.15, 0.2) is 11.2 Å². The number of rotatable bonds is 2.